The average molecular weight is 312 g/mol. The lowest BCUT2D eigenvalue weighted by Crippen LogP contribution is -2.32. The van der Waals surface area contributed by atoms with Gasteiger partial charge in [0.1, 0.15) is 5.76 Å². The number of hydrogen-bond donors (Lipinski definition) is 2. The summed E-state index contributed by atoms with van der Waals surface area (Å²) in [5.74, 6) is 1.98. The van der Waals surface area contributed by atoms with Crippen molar-refractivity contribution in [3.05, 3.63) is 24.0 Å². The Morgan fingerprint density at radius 1 is 1.55 bits per heavy atom. The zero-order valence-corrected chi connectivity index (χ0v) is 12.9. The number of carbonyl (C=O) groups excluding carboxylic acids is 1. The third-order valence-corrected chi connectivity index (χ3v) is 4.51. The van der Waals surface area contributed by atoms with Crippen molar-refractivity contribution in [2.24, 2.45) is 5.73 Å². The minimum atomic E-state index is -0.546. The maximum atomic E-state index is 11.4. The van der Waals surface area contributed by atoms with Crippen molar-refractivity contribution in [2.45, 2.75) is 36.3 Å². The lowest BCUT2D eigenvalue weighted by Gasteiger charge is -2.03. The molecule has 0 spiro atoms. The molecule has 8 heteroatoms. The summed E-state index contributed by atoms with van der Waals surface area (Å²) in [5.41, 5.74) is 5.48. The summed E-state index contributed by atoms with van der Waals surface area (Å²) in [4.78, 5) is 19.8. The first-order chi connectivity index (χ1) is 9.58. The maximum absolute atomic E-state index is 11.4. The van der Waals surface area contributed by atoms with Crippen molar-refractivity contribution in [1.29, 1.82) is 0 Å². The van der Waals surface area contributed by atoms with Crippen LogP contribution >= 0.6 is 23.1 Å². The lowest BCUT2D eigenvalue weighted by atomic mass is 10.3. The van der Waals surface area contributed by atoms with Gasteiger partial charge in [-0.1, -0.05) is 18.3 Å². The fourth-order valence-corrected chi connectivity index (χ4v) is 3.04. The van der Waals surface area contributed by atoms with Crippen LogP contribution in [0.5, 0.6) is 0 Å². The highest BCUT2D eigenvalue weighted by molar-refractivity contribution is 8.00. The SMILES string of the molecule is CCc1cnc(CSc2cnc(NC(=O)C(C)N)s2)o1. The van der Waals surface area contributed by atoms with Crippen molar-refractivity contribution >= 4 is 34.1 Å². The van der Waals surface area contributed by atoms with E-state index in [9.17, 15) is 4.79 Å². The van der Waals surface area contributed by atoms with Crippen LogP contribution in [0.4, 0.5) is 5.13 Å². The van der Waals surface area contributed by atoms with Crippen LogP contribution in [0.2, 0.25) is 0 Å². The van der Waals surface area contributed by atoms with Gasteiger partial charge in [0.05, 0.1) is 28.4 Å². The largest absolute Gasteiger partial charge is 0.445 e. The standard InChI is InChI=1S/C12H16N4O2S2/c1-3-8-4-14-9(18-8)6-19-10-5-15-12(20-10)16-11(17)7(2)13/h4-5,7H,3,6,13H2,1-2H3,(H,15,16,17). The van der Waals surface area contributed by atoms with Crippen molar-refractivity contribution in [3.8, 4) is 0 Å². The Labute approximate surface area is 125 Å². The molecule has 0 aliphatic carbocycles. The van der Waals surface area contributed by atoms with Gasteiger partial charge in [0, 0.05) is 6.42 Å². The zero-order valence-electron chi connectivity index (χ0n) is 11.3. The van der Waals surface area contributed by atoms with Gasteiger partial charge in [-0.05, 0) is 6.92 Å². The number of nitrogens with zero attached hydrogens (tertiary/aromatic N) is 2. The average Bonchev–Trinajstić information content (AvgIpc) is 3.04. The second-order valence-electron chi connectivity index (χ2n) is 4.12. The topological polar surface area (TPSA) is 94.0 Å². The summed E-state index contributed by atoms with van der Waals surface area (Å²) in [7, 11) is 0. The van der Waals surface area contributed by atoms with Crippen LogP contribution in [0, 0.1) is 0 Å². The van der Waals surface area contributed by atoms with E-state index in [1.54, 1.807) is 31.1 Å². The van der Waals surface area contributed by atoms with Gasteiger partial charge in [0.2, 0.25) is 11.8 Å². The predicted molar refractivity (Wildman–Crippen MR) is 79.8 cm³/mol. The molecular weight excluding hydrogens is 296 g/mol. The molecule has 2 rings (SSSR count). The summed E-state index contributed by atoms with van der Waals surface area (Å²) in [6.07, 6.45) is 4.30. The summed E-state index contributed by atoms with van der Waals surface area (Å²) in [6.45, 7) is 3.65. The molecule has 0 aromatic carbocycles. The van der Waals surface area contributed by atoms with Crippen molar-refractivity contribution < 1.29 is 9.21 Å². The Morgan fingerprint density at radius 2 is 2.35 bits per heavy atom. The van der Waals surface area contributed by atoms with E-state index in [2.05, 4.69) is 15.3 Å². The maximum Gasteiger partial charge on any atom is 0.242 e. The first-order valence-electron chi connectivity index (χ1n) is 6.17. The van der Waals surface area contributed by atoms with Gasteiger partial charge < -0.3 is 15.5 Å². The summed E-state index contributed by atoms with van der Waals surface area (Å²) >= 11 is 2.98. The lowest BCUT2D eigenvalue weighted by molar-refractivity contribution is -0.117. The highest BCUT2D eigenvalue weighted by Crippen LogP contribution is 2.30. The van der Waals surface area contributed by atoms with Gasteiger partial charge in [-0.15, -0.1) is 11.8 Å². The highest BCUT2D eigenvalue weighted by atomic mass is 32.2. The molecule has 2 aromatic heterocycles. The van der Waals surface area contributed by atoms with E-state index in [0.29, 0.717) is 16.8 Å². The smallest absolute Gasteiger partial charge is 0.242 e. The number of aromatic nitrogens is 2. The number of nitrogens with two attached hydrogens (primary N) is 1. The predicted octanol–water partition coefficient (Wildman–Crippen LogP) is 2.27. The van der Waals surface area contributed by atoms with Crippen molar-refractivity contribution in [2.75, 3.05) is 5.32 Å². The summed E-state index contributed by atoms with van der Waals surface area (Å²) < 4.78 is 6.51. The second kappa shape index (κ2) is 6.87. The zero-order chi connectivity index (χ0) is 14.5. The Balaban J connectivity index is 1.88. The number of rotatable bonds is 6. The number of amides is 1. The molecule has 0 saturated heterocycles. The monoisotopic (exact) mass is 312 g/mol. The van der Waals surface area contributed by atoms with Crippen LogP contribution in [0.1, 0.15) is 25.5 Å². The molecule has 2 aromatic rings. The van der Waals surface area contributed by atoms with Gasteiger partial charge in [0.15, 0.2) is 5.13 Å². The molecule has 108 valence electrons. The van der Waals surface area contributed by atoms with Crippen LogP contribution < -0.4 is 11.1 Å². The third kappa shape index (κ3) is 4.06. The second-order valence-corrected chi connectivity index (χ2v) is 6.43. The van der Waals surface area contributed by atoms with E-state index >= 15 is 0 Å². The molecule has 1 unspecified atom stereocenters. The molecule has 0 aliphatic rings. The van der Waals surface area contributed by atoms with E-state index in [0.717, 1.165) is 16.4 Å². The minimum absolute atomic E-state index is 0.240. The summed E-state index contributed by atoms with van der Waals surface area (Å²) in [5, 5.41) is 3.22. The van der Waals surface area contributed by atoms with Crippen LogP contribution in [-0.2, 0) is 17.0 Å². The summed E-state index contributed by atoms with van der Waals surface area (Å²) in [6, 6.07) is -0.546. The number of thiazole rings is 1. The highest BCUT2D eigenvalue weighted by Gasteiger charge is 2.11. The molecule has 0 bridgehead atoms. The quantitative estimate of drug-likeness (QED) is 0.795. The number of thioether (sulfide) groups is 1. The van der Waals surface area contributed by atoms with Crippen LogP contribution in [0.3, 0.4) is 0 Å². The van der Waals surface area contributed by atoms with E-state index < -0.39 is 6.04 Å². The van der Waals surface area contributed by atoms with E-state index in [-0.39, 0.29) is 5.91 Å². The molecule has 0 radical (unpaired) electrons. The fourth-order valence-electron chi connectivity index (χ4n) is 1.31. The molecule has 0 aliphatic heterocycles. The molecule has 0 saturated carbocycles. The number of carbonyl (C=O) groups is 1. The van der Waals surface area contributed by atoms with Crippen molar-refractivity contribution in [1.82, 2.24) is 9.97 Å². The third-order valence-electron chi connectivity index (χ3n) is 2.42. The molecule has 20 heavy (non-hydrogen) atoms. The van der Waals surface area contributed by atoms with Crippen LogP contribution in [0.15, 0.2) is 21.0 Å². The van der Waals surface area contributed by atoms with Crippen LogP contribution in [-0.4, -0.2) is 21.9 Å². The number of aryl methyl sites for hydroxylation is 1. The number of nitrogens with one attached hydrogen (secondary N) is 1. The Bertz CT molecular complexity index is 580. The molecule has 3 N–H and O–H groups in total. The molecule has 1 atom stereocenters. The number of hydrogen-bond acceptors (Lipinski definition) is 7. The van der Waals surface area contributed by atoms with Gasteiger partial charge in [-0.3, -0.25) is 4.79 Å². The molecular formula is C12H16N4O2S2. The van der Waals surface area contributed by atoms with Gasteiger partial charge >= 0.3 is 0 Å². The first kappa shape index (κ1) is 15.0. The fraction of sp³-hybridized carbons (Fsp3) is 0.417. The van der Waals surface area contributed by atoms with E-state index in [1.165, 1.54) is 11.3 Å². The van der Waals surface area contributed by atoms with Gasteiger partial charge in [0.25, 0.3) is 0 Å². The van der Waals surface area contributed by atoms with Crippen LogP contribution in [0.25, 0.3) is 0 Å². The minimum Gasteiger partial charge on any atom is -0.445 e. The number of anilines is 1. The Kier molecular flexibility index (Phi) is 5.16. The van der Waals surface area contributed by atoms with Gasteiger partial charge in [-0.25, -0.2) is 9.97 Å². The Hall–Kier alpha value is -1.38. The molecule has 1 amide bonds. The normalized spacial score (nSPS) is 12.3. The molecule has 2 heterocycles. The Morgan fingerprint density at radius 3 is 3.00 bits per heavy atom. The van der Waals surface area contributed by atoms with E-state index in [1.807, 2.05) is 6.92 Å². The molecule has 6 nitrogen and oxygen atoms in total. The number of oxazole rings is 1. The van der Waals surface area contributed by atoms with Crippen molar-refractivity contribution in [3.63, 3.8) is 0 Å². The first-order valence-corrected chi connectivity index (χ1v) is 7.97. The van der Waals surface area contributed by atoms with E-state index in [4.69, 9.17) is 10.2 Å². The van der Waals surface area contributed by atoms with Gasteiger partial charge in [-0.2, -0.15) is 0 Å². The molecule has 0 fully saturated rings.